The van der Waals surface area contributed by atoms with Gasteiger partial charge >= 0.3 is 0 Å². The molecule has 1 aliphatic rings. The maximum absolute atomic E-state index is 5.83. The van der Waals surface area contributed by atoms with Gasteiger partial charge in [-0.25, -0.2) is 0 Å². The van der Waals surface area contributed by atoms with E-state index in [1.165, 1.54) is 17.5 Å². The van der Waals surface area contributed by atoms with Crippen LogP contribution >= 0.6 is 0 Å². The second kappa shape index (κ2) is 4.74. The molecule has 1 aromatic carbocycles. The van der Waals surface area contributed by atoms with Gasteiger partial charge in [0.05, 0.1) is 14.2 Å². The molecule has 1 aromatic rings. The van der Waals surface area contributed by atoms with Crippen molar-refractivity contribution in [2.45, 2.75) is 25.2 Å². The average Bonchev–Trinajstić information content (AvgIpc) is 2.36. The van der Waals surface area contributed by atoms with E-state index in [1.807, 2.05) is 6.07 Å². The normalized spacial score (nSPS) is 19.1. The van der Waals surface area contributed by atoms with E-state index >= 15 is 0 Å². The van der Waals surface area contributed by atoms with Gasteiger partial charge in [0.2, 0.25) is 0 Å². The van der Waals surface area contributed by atoms with E-state index in [-0.39, 0.29) is 0 Å². The van der Waals surface area contributed by atoms with Crippen molar-refractivity contribution in [2.24, 2.45) is 5.73 Å². The van der Waals surface area contributed by atoms with Crippen molar-refractivity contribution in [3.8, 4) is 11.5 Å². The maximum atomic E-state index is 5.83. The fraction of sp³-hybridized carbons (Fsp3) is 0.538. The molecule has 2 N–H and O–H groups in total. The molecule has 0 spiro atoms. The summed E-state index contributed by atoms with van der Waals surface area (Å²) in [6, 6.07) is 4.06. The highest BCUT2D eigenvalue weighted by Crippen LogP contribution is 2.40. The minimum absolute atomic E-state index is 0.435. The van der Waals surface area contributed by atoms with Crippen LogP contribution in [-0.4, -0.2) is 20.8 Å². The Balaban J connectivity index is 2.50. The molecule has 3 heteroatoms. The van der Waals surface area contributed by atoms with Crippen molar-refractivity contribution in [3.05, 3.63) is 23.3 Å². The van der Waals surface area contributed by atoms with E-state index in [2.05, 4.69) is 6.07 Å². The molecule has 0 saturated carbocycles. The number of benzene rings is 1. The predicted molar refractivity (Wildman–Crippen MR) is 64.3 cm³/mol. The highest BCUT2D eigenvalue weighted by Gasteiger charge is 2.23. The summed E-state index contributed by atoms with van der Waals surface area (Å²) >= 11 is 0. The Bertz CT molecular complexity index is 359. The van der Waals surface area contributed by atoms with Crippen molar-refractivity contribution >= 4 is 0 Å². The number of rotatable bonds is 3. The summed E-state index contributed by atoms with van der Waals surface area (Å²) < 4.78 is 10.7. The van der Waals surface area contributed by atoms with Crippen LogP contribution < -0.4 is 15.2 Å². The van der Waals surface area contributed by atoms with Crippen LogP contribution in [0, 0.1) is 0 Å². The number of hydrogen-bond donors (Lipinski definition) is 1. The van der Waals surface area contributed by atoms with Gasteiger partial charge < -0.3 is 15.2 Å². The third-order valence-electron chi connectivity index (χ3n) is 3.35. The Morgan fingerprint density at radius 2 is 2.12 bits per heavy atom. The molecular formula is C13H19NO2. The van der Waals surface area contributed by atoms with E-state index in [0.717, 1.165) is 24.3 Å². The molecule has 88 valence electrons. The van der Waals surface area contributed by atoms with Gasteiger partial charge in [0, 0.05) is 17.5 Å². The Morgan fingerprint density at radius 3 is 2.75 bits per heavy atom. The average molecular weight is 221 g/mol. The lowest BCUT2D eigenvalue weighted by Crippen LogP contribution is -2.19. The minimum atomic E-state index is 0.435. The van der Waals surface area contributed by atoms with Crippen molar-refractivity contribution in [3.63, 3.8) is 0 Å². The van der Waals surface area contributed by atoms with Crippen LogP contribution in [0.1, 0.15) is 29.9 Å². The monoisotopic (exact) mass is 221 g/mol. The molecule has 16 heavy (non-hydrogen) atoms. The lowest BCUT2D eigenvalue weighted by molar-refractivity contribution is 0.382. The third kappa shape index (κ3) is 1.87. The van der Waals surface area contributed by atoms with Crippen LogP contribution in [0.2, 0.25) is 0 Å². The molecule has 0 radical (unpaired) electrons. The number of hydrogen-bond acceptors (Lipinski definition) is 3. The summed E-state index contributed by atoms with van der Waals surface area (Å²) in [4.78, 5) is 0. The van der Waals surface area contributed by atoms with Crippen LogP contribution in [0.3, 0.4) is 0 Å². The maximum Gasteiger partial charge on any atom is 0.126 e. The number of methoxy groups -OCH3 is 2. The van der Waals surface area contributed by atoms with Gasteiger partial charge in [-0.3, -0.25) is 0 Å². The molecule has 0 heterocycles. The molecule has 0 aromatic heterocycles. The molecule has 0 bridgehead atoms. The number of nitrogens with two attached hydrogens (primary N) is 1. The van der Waals surface area contributed by atoms with E-state index in [9.17, 15) is 0 Å². The summed E-state index contributed by atoms with van der Waals surface area (Å²) in [6.07, 6.45) is 3.46. The standard InChI is InChI=1S/C13H19NO2/c1-15-11-6-9-4-3-5-10(8-14)13(9)12(7-11)16-2/h6-7,10H,3-5,8,14H2,1-2H3. The van der Waals surface area contributed by atoms with Gasteiger partial charge in [-0.2, -0.15) is 0 Å². The summed E-state index contributed by atoms with van der Waals surface area (Å²) in [7, 11) is 3.39. The third-order valence-corrected chi connectivity index (χ3v) is 3.35. The van der Waals surface area contributed by atoms with Crippen molar-refractivity contribution in [1.29, 1.82) is 0 Å². The van der Waals surface area contributed by atoms with Gasteiger partial charge in [-0.15, -0.1) is 0 Å². The second-order valence-electron chi connectivity index (χ2n) is 4.23. The van der Waals surface area contributed by atoms with Crippen molar-refractivity contribution < 1.29 is 9.47 Å². The zero-order chi connectivity index (χ0) is 11.5. The summed E-state index contributed by atoms with van der Waals surface area (Å²) in [5, 5.41) is 0. The van der Waals surface area contributed by atoms with Crippen LogP contribution in [0.5, 0.6) is 11.5 Å². The van der Waals surface area contributed by atoms with Crippen molar-refractivity contribution in [1.82, 2.24) is 0 Å². The topological polar surface area (TPSA) is 44.5 Å². The zero-order valence-electron chi connectivity index (χ0n) is 9.95. The first-order valence-corrected chi connectivity index (χ1v) is 5.75. The molecule has 0 fully saturated rings. The largest absolute Gasteiger partial charge is 0.497 e. The fourth-order valence-corrected chi connectivity index (χ4v) is 2.53. The van der Waals surface area contributed by atoms with E-state index in [0.29, 0.717) is 12.5 Å². The first kappa shape index (κ1) is 11.3. The Labute approximate surface area is 96.5 Å². The van der Waals surface area contributed by atoms with E-state index < -0.39 is 0 Å². The number of ether oxygens (including phenoxy) is 2. The lowest BCUT2D eigenvalue weighted by atomic mass is 9.82. The molecule has 1 unspecified atom stereocenters. The zero-order valence-corrected chi connectivity index (χ0v) is 9.95. The minimum Gasteiger partial charge on any atom is -0.497 e. The molecule has 0 aliphatic heterocycles. The highest BCUT2D eigenvalue weighted by atomic mass is 16.5. The Kier molecular flexibility index (Phi) is 3.34. The Morgan fingerprint density at radius 1 is 1.31 bits per heavy atom. The van der Waals surface area contributed by atoms with Gasteiger partial charge in [-0.1, -0.05) is 0 Å². The predicted octanol–water partition coefficient (Wildman–Crippen LogP) is 2.08. The molecule has 1 aliphatic carbocycles. The van der Waals surface area contributed by atoms with Gasteiger partial charge in [-0.05, 0) is 37.4 Å². The quantitative estimate of drug-likeness (QED) is 0.850. The molecule has 3 nitrogen and oxygen atoms in total. The molecule has 0 amide bonds. The highest BCUT2D eigenvalue weighted by molar-refractivity contribution is 5.49. The smallest absolute Gasteiger partial charge is 0.126 e. The fourth-order valence-electron chi connectivity index (χ4n) is 2.53. The van der Waals surface area contributed by atoms with E-state index in [1.54, 1.807) is 14.2 Å². The van der Waals surface area contributed by atoms with Gasteiger partial charge in [0.1, 0.15) is 11.5 Å². The first-order chi connectivity index (χ1) is 7.80. The van der Waals surface area contributed by atoms with Gasteiger partial charge in [0.25, 0.3) is 0 Å². The molecular weight excluding hydrogens is 202 g/mol. The first-order valence-electron chi connectivity index (χ1n) is 5.75. The summed E-state index contributed by atoms with van der Waals surface area (Å²) in [5.74, 6) is 2.22. The van der Waals surface area contributed by atoms with Gasteiger partial charge in [0.15, 0.2) is 0 Å². The summed E-state index contributed by atoms with van der Waals surface area (Å²) in [6.45, 7) is 0.690. The number of aryl methyl sites for hydroxylation is 1. The van der Waals surface area contributed by atoms with Crippen LogP contribution in [0.15, 0.2) is 12.1 Å². The van der Waals surface area contributed by atoms with E-state index in [4.69, 9.17) is 15.2 Å². The van der Waals surface area contributed by atoms with Crippen LogP contribution in [-0.2, 0) is 6.42 Å². The molecule has 1 atom stereocenters. The second-order valence-corrected chi connectivity index (χ2v) is 4.23. The van der Waals surface area contributed by atoms with Crippen LogP contribution in [0.25, 0.3) is 0 Å². The van der Waals surface area contributed by atoms with Crippen molar-refractivity contribution in [2.75, 3.05) is 20.8 Å². The lowest BCUT2D eigenvalue weighted by Gasteiger charge is -2.26. The Hall–Kier alpha value is -1.22. The molecule has 2 rings (SSSR count). The summed E-state index contributed by atoms with van der Waals surface area (Å²) in [5.41, 5.74) is 8.45. The SMILES string of the molecule is COc1cc2c(c(OC)c1)C(CN)CCC2. The molecule has 0 saturated heterocycles. The van der Waals surface area contributed by atoms with Crippen LogP contribution in [0.4, 0.5) is 0 Å². The number of fused-ring (bicyclic) bond motifs is 1.